The quantitative estimate of drug-likeness (QED) is 0.652. The summed E-state index contributed by atoms with van der Waals surface area (Å²) in [7, 11) is 0. The molecule has 0 amide bonds. The highest BCUT2D eigenvalue weighted by Crippen LogP contribution is 2.40. The molecule has 0 saturated carbocycles. The zero-order chi connectivity index (χ0) is 11.8. The van der Waals surface area contributed by atoms with Gasteiger partial charge in [-0.1, -0.05) is 25.5 Å². The molecule has 1 aromatic rings. The second kappa shape index (κ2) is 4.00. The van der Waals surface area contributed by atoms with Crippen molar-refractivity contribution in [2.24, 2.45) is 0 Å². The van der Waals surface area contributed by atoms with Crippen molar-refractivity contribution in [3.05, 3.63) is 47.0 Å². The van der Waals surface area contributed by atoms with Gasteiger partial charge >= 0.3 is 0 Å². The molecule has 1 aromatic carbocycles. The molecule has 0 spiro atoms. The molecule has 86 valence electrons. The number of benzene rings is 1. The third-order valence-corrected chi connectivity index (χ3v) is 3.46. The summed E-state index contributed by atoms with van der Waals surface area (Å²) >= 11 is 0. The maximum absolute atomic E-state index is 13.2. The predicted octanol–water partition coefficient (Wildman–Crippen LogP) is 4.35. The summed E-state index contributed by atoms with van der Waals surface area (Å²) in [4.78, 5) is 0. The largest absolute Gasteiger partial charge is 0.207 e. The SMILES string of the molecule is CCC1=C[C@](C)(c2cc(F)cc(F)c2)CC1. The van der Waals surface area contributed by atoms with Crippen LogP contribution in [0.1, 0.15) is 38.7 Å². The van der Waals surface area contributed by atoms with Crippen molar-refractivity contribution >= 4 is 0 Å². The van der Waals surface area contributed by atoms with Crippen molar-refractivity contribution in [2.75, 3.05) is 0 Å². The minimum atomic E-state index is -0.491. The molecule has 0 aliphatic heterocycles. The first-order valence-electron chi connectivity index (χ1n) is 5.71. The highest BCUT2D eigenvalue weighted by molar-refractivity contribution is 5.35. The van der Waals surface area contributed by atoms with Gasteiger partial charge in [-0.15, -0.1) is 0 Å². The standard InChI is InChI=1S/C14H16F2/c1-3-10-4-5-14(2,9-10)11-6-12(15)8-13(16)7-11/h6-9H,3-5H2,1-2H3/t14-/m1/s1. The van der Waals surface area contributed by atoms with E-state index < -0.39 is 11.6 Å². The van der Waals surface area contributed by atoms with Crippen LogP contribution in [0.5, 0.6) is 0 Å². The van der Waals surface area contributed by atoms with Crippen LogP contribution >= 0.6 is 0 Å². The minimum absolute atomic E-state index is 0.200. The van der Waals surface area contributed by atoms with Gasteiger partial charge in [-0.3, -0.25) is 0 Å². The molecule has 0 unspecified atom stereocenters. The first kappa shape index (κ1) is 11.3. The van der Waals surface area contributed by atoms with Gasteiger partial charge in [-0.25, -0.2) is 8.78 Å². The van der Waals surface area contributed by atoms with Gasteiger partial charge in [0, 0.05) is 11.5 Å². The number of allylic oxidation sites excluding steroid dienone is 2. The van der Waals surface area contributed by atoms with E-state index in [9.17, 15) is 8.78 Å². The molecule has 0 saturated heterocycles. The summed E-state index contributed by atoms with van der Waals surface area (Å²) in [6.07, 6.45) is 5.17. The van der Waals surface area contributed by atoms with Gasteiger partial charge in [-0.2, -0.15) is 0 Å². The molecular formula is C14H16F2. The maximum Gasteiger partial charge on any atom is 0.126 e. The van der Waals surface area contributed by atoms with Crippen LogP contribution in [0.25, 0.3) is 0 Å². The highest BCUT2D eigenvalue weighted by Gasteiger charge is 2.30. The Morgan fingerprint density at radius 3 is 2.31 bits per heavy atom. The fraction of sp³-hybridized carbons (Fsp3) is 0.429. The third kappa shape index (κ3) is 2.01. The van der Waals surface area contributed by atoms with Crippen LogP contribution in [-0.2, 0) is 5.41 Å². The molecule has 0 aromatic heterocycles. The first-order valence-corrected chi connectivity index (χ1v) is 5.71. The monoisotopic (exact) mass is 222 g/mol. The Bertz CT molecular complexity index is 414. The lowest BCUT2D eigenvalue weighted by atomic mass is 9.82. The van der Waals surface area contributed by atoms with Gasteiger partial charge in [0.05, 0.1) is 0 Å². The molecule has 0 heterocycles. The average Bonchev–Trinajstić information content (AvgIpc) is 2.60. The van der Waals surface area contributed by atoms with E-state index in [1.54, 1.807) is 0 Å². The molecule has 2 rings (SSSR count). The van der Waals surface area contributed by atoms with Crippen LogP contribution in [0.2, 0.25) is 0 Å². The van der Waals surface area contributed by atoms with E-state index in [2.05, 4.69) is 13.0 Å². The summed E-state index contributed by atoms with van der Waals surface area (Å²) in [5.74, 6) is -0.982. The number of rotatable bonds is 2. The van der Waals surface area contributed by atoms with Crippen LogP contribution < -0.4 is 0 Å². The summed E-state index contributed by atoms with van der Waals surface area (Å²) < 4.78 is 26.3. The van der Waals surface area contributed by atoms with E-state index in [1.807, 2.05) is 6.92 Å². The molecule has 0 N–H and O–H groups in total. The highest BCUT2D eigenvalue weighted by atomic mass is 19.1. The molecule has 1 aliphatic rings. The van der Waals surface area contributed by atoms with Crippen LogP contribution in [0.3, 0.4) is 0 Å². The van der Waals surface area contributed by atoms with Crippen LogP contribution in [0, 0.1) is 11.6 Å². The number of halogens is 2. The van der Waals surface area contributed by atoms with Gasteiger partial charge in [0.1, 0.15) is 11.6 Å². The smallest absolute Gasteiger partial charge is 0.126 e. The van der Waals surface area contributed by atoms with Crippen molar-refractivity contribution in [3.8, 4) is 0 Å². The van der Waals surface area contributed by atoms with Crippen molar-refractivity contribution in [3.63, 3.8) is 0 Å². The normalized spacial score (nSPS) is 24.6. The van der Waals surface area contributed by atoms with Gasteiger partial charge in [0.15, 0.2) is 0 Å². The molecular weight excluding hydrogens is 206 g/mol. The zero-order valence-corrected chi connectivity index (χ0v) is 9.69. The van der Waals surface area contributed by atoms with Crippen molar-refractivity contribution in [1.29, 1.82) is 0 Å². The summed E-state index contributed by atoms with van der Waals surface area (Å²) in [6.45, 7) is 4.16. The fourth-order valence-corrected chi connectivity index (χ4v) is 2.41. The second-order valence-electron chi connectivity index (χ2n) is 4.73. The molecule has 1 aliphatic carbocycles. The Morgan fingerprint density at radius 1 is 1.19 bits per heavy atom. The molecule has 0 nitrogen and oxygen atoms in total. The van der Waals surface area contributed by atoms with E-state index >= 15 is 0 Å². The lowest BCUT2D eigenvalue weighted by Crippen LogP contribution is -2.16. The maximum atomic E-state index is 13.2. The Hall–Kier alpha value is -1.18. The molecule has 2 heteroatoms. The van der Waals surface area contributed by atoms with Gasteiger partial charge in [-0.05, 0) is 37.0 Å². The molecule has 1 atom stereocenters. The number of hydrogen-bond donors (Lipinski definition) is 0. The number of hydrogen-bond acceptors (Lipinski definition) is 0. The van der Waals surface area contributed by atoms with E-state index in [1.165, 1.54) is 17.7 Å². The summed E-state index contributed by atoms with van der Waals surface area (Å²) in [5, 5.41) is 0. The van der Waals surface area contributed by atoms with Crippen molar-refractivity contribution in [2.45, 2.75) is 38.5 Å². The van der Waals surface area contributed by atoms with Crippen LogP contribution in [0.4, 0.5) is 8.78 Å². The van der Waals surface area contributed by atoms with Crippen LogP contribution in [0.15, 0.2) is 29.8 Å². The minimum Gasteiger partial charge on any atom is -0.207 e. The van der Waals surface area contributed by atoms with E-state index in [0.717, 1.165) is 30.9 Å². The molecule has 0 fully saturated rings. The fourth-order valence-electron chi connectivity index (χ4n) is 2.41. The Balaban J connectivity index is 2.40. The average molecular weight is 222 g/mol. The van der Waals surface area contributed by atoms with Crippen molar-refractivity contribution < 1.29 is 8.78 Å². The molecule has 0 radical (unpaired) electrons. The summed E-state index contributed by atoms with van der Waals surface area (Å²) in [6, 6.07) is 3.81. The molecule has 0 bridgehead atoms. The van der Waals surface area contributed by atoms with Crippen molar-refractivity contribution in [1.82, 2.24) is 0 Å². The Kier molecular flexibility index (Phi) is 2.83. The predicted molar refractivity (Wildman–Crippen MR) is 61.3 cm³/mol. The zero-order valence-electron chi connectivity index (χ0n) is 9.69. The Morgan fingerprint density at radius 2 is 1.81 bits per heavy atom. The van der Waals surface area contributed by atoms with E-state index in [-0.39, 0.29) is 5.41 Å². The summed E-state index contributed by atoms with van der Waals surface area (Å²) in [5.41, 5.74) is 1.93. The van der Waals surface area contributed by atoms with Gasteiger partial charge < -0.3 is 0 Å². The third-order valence-electron chi connectivity index (χ3n) is 3.46. The lowest BCUT2D eigenvalue weighted by molar-refractivity contribution is 0.541. The second-order valence-corrected chi connectivity index (χ2v) is 4.73. The lowest BCUT2D eigenvalue weighted by Gasteiger charge is -2.22. The van der Waals surface area contributed by atoms with Gasteiger partial charge in [0.2, 0.25) is 0 Å². The first-order chi connectivity index (χ1) is 7.53. The molecule has 16 heavy (non-hydrogen) atoms. The van der Waals surface area contributed by atoms with Gasteiger partial charge in [0.25, 0.3) is 0 Å². The topological polar surface area (TPSA) is 0 Å². The van der Waals surface area contributed by atoms with E-state index in [4.69, 9.17) is 0 Å². The van der Waals surface area contributed by atoms with E-state index in [0.29, 0.717) is 0 Å². The Labute approximate surface area is 95.0 Å². The van der Waals surface area contributed by atoms with Crippen LogP contribution in [-0.4, -0.2) is 0 Å².